The highest BCUT2D eigenvalue weighted by Gasteiger charge is 2.17. The van der Waals surface area contributed by atoms with Crippen LogP contribution in [-0.2, 0) is 16.0 Å². The first kappa shape index (κ1) is 17.7. The fraction of sp³-hybridized carbons (Fsp3) is 0.611. The first-order valence-corrected chi connectivity index (χ1v) is 7.93. The molecule has 3 nitrogen and oxygen atoms in total. The van der Waals surface area contributed by atoms with E-state index in [4.69, 9.17) is 4.74 Å². The lowest BCUT2D eigenvalue weighted by molar-refractivity contribution is -0.143. The van der Waals surface area contributed by atoms with Crippen LogP contribution in [0, 0.1) is 20.8 Å². The Morgan fingerprint density at radius 1 is 1.19 bits per heavy atom. The molecule has 1 N–H and O–H groups in total. The van der Waals surface area contributed by atoms with Gasteiger partial charge in [0.25, 0.3) is 0 Å². The average molecular weight is 291 g/mol. The summed E-state index contributed by atoms with van der Waals surface area (Å²) in [5, 5.41) is 3.48. The van der Waals surface area contributed by atoms with Crippen LogP contribution in [0.2, 0.25) is 0 Å². The third-order valence-corrected chi connectivity index (χ3v) is 3.69. The molecule has 0 saturated heterocycles. The Morgan fingerprint density at radius 3 is 2.33 bits per heavy atom. The van der Waals surface area contributed by atoms with E-state index in [-0.39, 0.29) is 12.0 Å². The molecule has 21 heavy (non-hydrogen) atoms. The summed E-state index contributed by atoms with van der Waals surface area (Å²) in [5.74, 6) is -0.117. The predicted octanol–water partition coefficient (Wildman–Crippen LogP) is 3.48. The zero-order valence-corrected chi connectivity index (χ0v) is 14.1. The maximum absolute atomic E-state index is 11.8. The van der Waals surface area contributed by atoms with E-state index in [0.29, 0.717) is 13.0 Å². The minimum atomic E-state index is -0.117. The Hall–Kier alpha value is -1.35. The van der Waals surface area contributed by atoms with Gasteiger partial charge in [0.05, 0.1) is 13.0 Å². The number of rotatable bonds is 8. The van der Waals surface area contributed by atoms with Gasteiger partial charge in [0.15, 0.2) is 0 Å². The zero-order chi connectivity index (χ0) is 15.8. The van der Waals surface area contributed by atoms with Crippen molar-refractivity contribution in [1.29, 1.82) is 0 Å². The summed E-state index contributed by atoms with van der Waals surface area (Å²) in [6.07, 6.45) is 2.36. The van der Waals surface area contributed by atoms with Crippen molar-refractivity contribution >= 4 is 5.97 Å². The van der Waals surface area contributed by atoms with Gasteiger partial charge >= 0.3 is 5.97 Å². The third-order valence-electron chi connectivity index (χ3n) is 3.69. The molecule has 0 aromatic heterocycles. The number of ether oxygens (including phenoxy) is 1. The van der Waals surface area contributed by atoms with Crippen molar-refractivity contribution in [3.05, 3.63) is 34.4 Å². The van der Waals surface area contributed by atoms with Crippen molar-refractivity contribution in [2.45, 2.75) is 59.9 Å². The van der Waals surface area contributed by atoms with Crippen molar-refractivity contribution in [1.82, 2.24) is 5.32 Å². The van der Waals surface area contributed by atoms with Crippen LogP contribution >= 0.6 is 0 Å². The number of benzene rings is 1. The van der Waals surface area contributed by atoms with Gasteiger partial charge < -0.3 is 10.1 Å². The number of nitrogens with one attached hydrogen (secondary N) is 1. The van der Waals surface area contributed by atoms with Crippen molar-refractivity contribution in [2.24, 2.45) is 0 Å². The van der Waals surface area contributed by atoms with Crippen LogP contribution < -0.4 is 5.32 Å². The first-order valence-electron chi connectivity index (χ1n) is 7.93. The predicted molar refractivity (Wildman–Crippen MR) is 87.7 cm³/mol. The molecule has 1 rings (SSSR count). The first-order chi connectivity index (χ1) is 9.97. The van der Waals surface area contributed by atoms with Gasteiger partial charge in [0.2, 0.25) is 0 Å². The molecular formula is C18H29NO2. The third kappa shape index (κ3) is 5.88. The summed E-state index contributed by atoms with van der Waals surface area (Å²) in [5.41, 5.74) is 5.25. The van der Waals surface area contributed by atoms with E-state index in [1.165, 1.54) is 22.3 Å². The molecule has 0 heterocycles. The Morgan fingerprint density at radius 2 is 1.81 bits per heavy atom. The van der Waals surface area contributed by atoms with Gasteiger partial charge in [-0.2, -0.15) is 0 Å². The van der Waals surface area contributed by atoms with E-state index >= 15 is 0 Å². The minimum Gasteiger partial charge on any atom is -0.466 e. The van der Waals surface area contributed by atoms with E-state index in [9.17, 15) is 4.79 Å². The van der Waals surface area contributed by atoms with Gasteiger partial charge in [0.1, 0.15) is 0 Å². The second-order valence-corrected chi connectivity index (χ2v) is 5.74. The maximum Gasteiger partial charge on any atom is 0.307 e. The molecule has 1 aromatic carbocycles. The molecule has 0 spiro atoms. The topological polar surface area (TPSA) is 38.3 Å². The summed E-state index contributed by atoms with van der Waals surface area (Å²) in [4.78, 5) is 11.8. The van der Waals surface area contributed by atoms with Crippen LogP contribution in [0.15, 0.2) is 12.1 Å². The molecule has 0 aliphatic heterocycles. The lowest BCUT2D eigenvalue weighted by atomic mass is 9.93. The van der Waals surface area contributed by atoms with Crippen molar-refractivity contribution in [3.63, 3.8) is 0 Å². The highest BCUT2D eigenvalue weighted by Crippen LogP contribution is 2.19. The zero-order valence-electron chi connectivity index (χ0n) is 14.1. The number of hydrogen-bond acceptors (Lipinski definition) is 3. The summed E-state index contributed by atoms with van der Waals surface area (Å²) in [6, 6.07) is 4.57. The molecule has 0 aliphatic carbocycles. The van der Waals surface area contributed by atoms with E-state index < -0.39 is 0 Å². The van der Waals surface area contributed by atoms with E-state index in [0.717, 1.165) is 19.4 Å². The van der Waals surface area contributed by atoms with Gasteiger partial charge in [0, 0.05) is 6.04 Å². The van der Waals surface area contributed by atoms with Gasteiger partial charge in [-0.25, -0.2) is 0 Å². The summed E-state index contributed by atoms with van der Waals surface area (Å²) in [6.45, 7) is 11.8. The Labute approximate surface area is 129 Å². The lowest BCUT2D eigenvalue weighted by Crippen LogP contribution is -2.35. The highest BCUT2D eigenvalue weighted by molar-refractivity contribution is 5.70. The number of aryl methyl sites for hydroxylation is 3. The monoisotopic (exact) mass is 291 g/mol. The van der Waals surface area contributed by atoms with Gasteiger partial charge in [-0.1, -0.05) is 24.6 Å². The smallest absolute Gasteiger partial charge is 0.307 e. The Kier molecular flexibility index (Phi) is 7.44. The molecular weight excluding hydrogens is 262 g/mol. The van der Waals surface area contributed by atoms with E-state index in [1.54, 1.807) is 0 Å². The second-order valence-electron chi connectivity index (χ2n) is 5.74. The largest absolute Gasteiger partial charge is 0.466 e. The second kappa shape index (κ2) is 8.83. The number of hydrogen-bond donors (Lipinski definition) is 1. The number of carbonyl (C=O) groups excluding carboxylic acids is 1. The molecule has 1 aromatic rings. The molecule has 0 saturated carbocycles. The SMILES string of the molecule is CCCNC(CC(=O)OCC)Cc1c(C)cc(C)cc1C. The lowest BCUT2D eigenvalue weighted by Gasteiger charge is -2.20. The molecule has 0 aliphatic rings. The molecule has 0 amide bonds. The molecule has 3 heteroatoms. The molecule has 0 bridgehead atoms. The highest BCUT2D eigenvalue weighted by atomic mass is 16.5. The van der Waals surface area contributed by atoms with E-state index in [1.807, 2.05) is 6.92 Å². The van der Waals surface area contributed by atoms with Gasteiger partial charge in [-0.05, 0) is 63.8 Å². The van der Waals surface area contributed by atoms with Crippen molar-refractivity contribution in [3.8, 4) is 0 Å². The van der Waals surface area contributed by atoms with Crippen molar-refractivity contribution in [2.75, 3.05) is 13.2 Å². The molecule has 118 valence electrons. The maximum atomic E-state index is 11.8. The summed E-state index contributed by atoms with van der Waals surface area (Å²) < 4.78 is 5.09. The summed E-state index contributed by atoms with van der Waals surface area (Å²) in [7, 11) is 0. The van der Waals surface area contributed by atoms with Crippen LogP contribution in [0.3, 0.4) is 0 Å². The Bertz CT molecular complexity index is 445. The quantitative estimate of drug-likeness (QED) is 0.745. The van der Waals surface area contributed by atoms with Crippen LogP contribution in [0.4, 0.5) is 0 Å². The summed E-state index contributed by atoms with van der Waals surface area (Å²) >= 11 is 0. The number of carbonyl (C=O) groups is 1. The van der Waals surface area contributed by atoms with E-state index in [2.05, 4.69) is 45.1 Å². The van der Waals surface area contributed by atoms with Crippen LogP contribution in [0.1, 0.15) is 48.9 Å². The fourth-order valence-electron chi connectivity index (χ4n) is 2.76. The van der Waals surface area contributed by atoms with Crippen LogP contribution in [0.5, 0.6) is 0 Å². The van der Waals surface area contributed by atoms with Gasteiger partial charge in [-0.15, -0.1) is 0 Å². The Balaban J connectivity index is 2.82. The standard InChI is InChI=1S/C18H29NO2/c1-6-8-19-16(12-18(20)21-7-2)11-17-14(4)9-13(3)10-15(17)5/h9-10,16,19H,6-8,11-12H2,1-5H3. The molecule has 0 fully saturated rings. The average Bonchev–Trinajstić information content (AvgIpc) is 2.39. The van der Waals surface area contributed by atoms with Crippen LogP contribution in [-0.4, -0.2) is 25.2 Å². The fourth-order valence-corrected chi connectivity index (χ4v) is 2.76. The van der Waals surface area contributed by atoms with Crippen molar-refractivity contribution < 1.29 is 9.53 Å². The normalized spacial score (nSPS) is 12.2. The minimum absolute atomic E-state index is 0.117. The van der Waals surface area contributed by atoms with Crippen LogP contribution in [0.25, 0.3) is 0 Å². The molecule has 1 atom stereocenters. The van der Waals surface area contributed by atoms with Gasteiger partial charge in [-0.3, -0.25) is 4.79 Å². The molecule has 0 radical (unpaired) electrons. The number of esters is 1. The molecule has 1 unspecified atom stereocenters.